The molecule has 126 valence electrons. The zero-order chi connectivity index (χ0) is 17.3. The molecule has 1 aromatic carbocycles. The van der Waals surface area contributed by atoms with Crippen LogP contribution in [0.4, 0.5) is 0 Å². The van der Waals surface area contributed by atoms with Gasteiger partial charge in [0.2, 0.25) is 11.0 Å². The summed E-state index contributed by atoms with van der Waals surface area (Å²) in [7, 11) is -0.698. The second-order valence-electron chi connectivity index (χ2n) is 5.50. The highest BCUT2D eigenvalue weighted by Gasteiger charge is 2.21. The summed E-state index contributed by atoms with van der Waals surface area (Å²) in [6, 6.07) is 8.79. The van der Waals surface area contributed by atoms with Crippen LogP contribution >= 0.6 is 0 Å². The highest BCUT2D eigenvalue weighted by molar-refractivity contribution is 7.88. The van der Waals surface area contributed by atoms with Crippen molar-refractivity contribution in [2.75, 3.05) is 14.1 Å². The fourth-order valence-electron chi connectivity index (χ4n) is 2.16. The molecule has 0 aliphatic heterocycles. The van der Waals surface area contributed by atoms with Crippen LogP contribution in [0.3, 0.4) is 0 Å². The Morgan fingerprint density at radius 2 is 1.96 bits per heavy atom. The number of hydrogen-bond acceptors (Lipinski definition) is 6. The Morgan fingerprint density at radius 3 is 2.71 bits per heavy atom. The lowest BCUT2D eigenvalue weighted by Gasteiger charge is -2.08. The number of hydrogen-bond donors (Lipinski definition) is 0. The van der Waals surface area contributed by atoms with Crippen molar-refractivity contribution in [2.24, 2.45) is 0 Å². The van der Waals surface area contributed by atoms with E-state index in [2.05, 4.69) is 9.97 Å². The van der Waals surface area contributed by atoms with Crippen molar-refractivity contribution in [3.63, 3.8) is 0 Å². The Labute approximate surface area is 139 Å². The third-order valence-corrected chi connectivity index (χ3v) is 5.17. The average Bonchev–Trinajstić information content (AvgIpc) is 3.02. The molecule has 0 saturated carbocycles. The highest BCUT2D eigenvalue weighted by Crippen LogP contribution is 2.24. The number of nitrogens with zero attached hydrogens (tertiary/aromatic N) is 3. The van der Waals surface area contributed by atoms with Gasteiger partial charge >= 0.3 is 0 Å². The van der Waals surface area contributed by atoms with Crippen LogP contribution in [0.1, 0.15) is 11.3 Å². The van der Waals surface area contributed by atoms with Gasteiger partial charge in [0.1, 0.15) is 18.7 Å². The second-order valence-corrected chi connectivity index (χ2v) is 7.58. The van der Waals surface area contributed by atoms with Crippen LogP contribution in [0.15, 0.2) is 46.2 Å². The van der Waals surface area contributed by atoms with Crippen molar-refractivity contribution in [1.29, 1.82) is 0 Å². The smallest absolute Gasteiger partial charge is 0.275 e. The number of fused-ring (bicyclic) bond motifs is 1. The lowest BCUT2D eigenvalue weighted by atomic mass is 10.2. The van der Waals surface area contributed by atoms with Crippen LogP contribution in [0.25, 0.3) is 10.9 Å². The molecule has 2 aromatic heterocycles. The van der Waals surface area contributed by atoms with Gasteiger partial charge in [-0.3, -0.25) is 0 Å². The topological polar surface area (TPSA) is 85.5 Å². The molecule has 0 atom stereocenters. The molecule has 0 N–H and O–H groups in total. The standard InChI is InChI=1S/C16H17N3O4S/c1-11-4-6-14-13(8-11)16(18-10-17-14)22-9-12-5-7-15(23-12)24(20,21)19(2)3/h4-8,10H,9H2,1-3H3. The Balaban J connectivity index is 1.82. The van der Waals surface area contributed by atoms with E-state index in [0.717, 1.165) is 20.8 Å². The molecule has 0 radical (unpaired) electrons. The maximum atomic E-state index is 12.0. The number of furan rings is 1. The maximum absolute atomic E-state index is 12.0. The average molecular weight is 347 g/mol. The molecule has 0 bridgehead atoms. The summed E-state index contributed by atoms with van der Waals surface area (Å²) in [5.41, 5.74) is 1.85. The first-order valence-corrected chi connectivity index (χ1v) is 8.67. The molecule has 0 aliphatic rings. The minimum atomic E-state index is -3.59. The predicted molar refractivity (Wildman–Crippen MR) is 88.2 cm³/mol. The molecule has 24 heavy (non-hydrogen) atoms. The molecule has 0 saturated heterocycles. The molecule has 7 nitrogen and oxygen atoms in total. The van der Waals surface area contributed by atoms with Crippen molar-refractivity contribution in [3.8, 4) is 5.88 Å². The fourth-order valence-corrected chi connectivity index (χ4v) is 2.97. The van der Waals surface area contributed by atoms with Gasteiger partial charge in [0, 0.05) is 14.1 Å². The monoisotopic (exact) mass is 347 g/mol. The summed E-state index contributed by atoms with van der Waals surface area (Å²) in [5, 5.41) is 0.680. The second kappa shape index (κ2) is 6.21. The van der Waals surface area contributed by atoms with Crippen molar-refractivity contribution < 1.29 is 17.6 Å². The molecule has 0 spiro atoms. The lowest BCUT2D eigenvalue weighted by Crippen LogP contribution is -2.21. The third kappa shape index (κ3) is 3.10. The number of rotatable bonds is 5. The summed E-state index contributed by atoms with van der Waals surface area (Å²) in [6.07, 6.45) is 1.43. The Kier molecular flexibility index (Phi) is 4.25. The van der Waals surface area contributed by atoms with E-state index in [-0.39, 0.29) is 11.7 Å². The molecule has 3 aromatic rings. The Bertz CT molecular complexity index is 980. The van der Waals surface area contributed by atoms with Gasteiger partial charge in [-0.2, -0.15) is 0 Å². The van der Waals surface area contributed by atoms with E-state index in [1.165, 1.54) is 26.5 Å². The largest absolute Gasteiger partial charge is 0.469 e. The Hall–Kier alpha value is -2.45. The summed E-state index contributed by atoms with van der Waals surface area (Å²) < 4.78 is 36.2. The minimum Gasteiger partial charge on any atom is -0.469 e. The number of aryl methyl sites for hydroxylation is 1. The molecule has 0 unspecified atom stereocenters. The molecule has 8 heteroatoms. The molecular weight excluding hydrogens is 330 g/mol. The summed E-state index contributed by atoms with van der Waals surface area (Å²) in [6.45, 7) is 2.05. The molecule has 2 heterocycles. The first-order valence-electron chi connectivity index (χ1n) is 7.23. The first-order chi connectivity index (χ1) is 11.4. The van der Waals surface area contributed by atoms with Crippen molar-refractivity contribution in [2.45, 2.75) is 18.6 Å². The summed E-state index contributed by atoms with van der Waals surface area (Å²) in [4.78, 5) is 8.34. The van der Waals surface area contributed by atoms with E-state index in [0.29, 0.717) is 11.6 Å². The van der Waals surface area contributed by atoms with Gasteiger partial charge < -0.3 is 9.15 Å². The van der Waals surface area contributed by atoms with E-state index >= 15 is 0 Å². The van der Waals surface area contributed by atoms with Gasteiger partial charge in [0.05, 0.1) is 10.9 Å². The minimum absolute atomic E-state index is 0.0724. The quantitative estimate of drug-likeness (QED) is 0.704. The van der Waals surface area contributed by atoms with Gasteiger partial charge in [-0.1, -0.05) is 11.6 Å². The molecular formula is C16H17N3O4S. The van der Waals surface area contributed by atoms with Gasteiger partial charge in [-0.15, -0.1) is 0 Å². The fraction of sp³-hybridized carbons (Fsp3) is 0.250. The molecule has 3 rings (SSSR count). The predicted octanol–water partition coefficient (Wildman–Crippen LogP) is 2.36. The zero-order valence-electron chi connectivity index (χ0n) is 13.6. The normalized spacial score (nSPS) is 12.0. The number of aromatic nitrogens is 2. The van der Waals surface area contributed by atoms with E-state index < -0.39 is 10.0 Å². The van der Waals surface area contributed by atoms with Crippen molar-refractivity contribution in [1.82, 2.24) is 14.3 Å². The maximum Gasteiger partial charge on any atom is 0.275 e. The van der Waals surface area contributed by atoms with E-state index in [1.54, 1.807) is 6.07 Å². The van der Waals surface area contributed by atoms with Gasteiger partial charge in [-0.05, 0) is 31.2 Å². The number of sulfonamides is 1. The van der Waals surface area contributed by atoms with Crippen LogP contribution in [0.2, 0.25) is 0 Å². The van der Waals surface area contributed by atoms with Crippen LogP contribution in [0.5, 0.6) is 5.88 Å². The van der Waals surface area contributed by atoms with Crippen LogP contribution in [-0.4, -0.2) is 36.8 Å². The van der Waals surface area contributed by atoms with Crippen molar-refractivity contribution in [3.05, 3.63) is 48.0 Å². The van der Waals surface area contributed by atoms with Crippen molar-refractivity contribution >= 4 is 20.9 Å². The first kappa shape index (κ1) is 16.4. The van der Waals surface area contributed by atoms with Gasteiger partial charge in [0.15, 0.2) is 0 Å². The number of benzene rings is 1. The van der Waals surface area contributed by atoms with Crippen LogP contribution < -0.4 is 4.74 Å². The van der Waals surface area contributed by atoms with E-state index in [9.17, 15) is 8.42 Å². The van der Waals surface area contributed by atoms with Crippen LogP contribution in [0, 0.1) is 6.92 Å². The number of ether oxygens (including phenoxy) is 1. The summed E-state index contributed by atoms with van der Waals surface area (Å²) in [5.74, 6) is 0.826. The van der Waals surface area contributed by atoms with Gasteiger partial charge in [0.25, 0.3) is 10.0 Å². The summed E-state index contributed by atoms with van der Waals surface area (Å²) >= 11 is 0. The van der Waals surface area contributed by atoms with Crippen LogP contribution in [-0.2, 0) is 16.6 Å². The Morgan fingerprint density at radius 1 is 1.17 bits per heavy atom. The molecule has 0 fully saturated rings. The lowest BCUT2D eigenvalue weighted by molar-refractivity contribution is 0.251. The molecule has 0 amide bonds. The third-order valence-electron chi connectivity index (χ3n) is 3.48. The SMILES string of the molecule is Cc1ccc2ncnc(OCc3ccc(S(=O)(=O)N(C)C)o3)c2c1. The van der Waals surface area contributed by atoms with E-state index in [4.69, 9.17) is 9.15 Å². The van der Waals surface area contributed by atoms with Gasteiger partial charge in [-0.25, -0.2) is 22.7 Å². The molecule has 0 aliphatic carbocycles. The zero-order valence-corrected chi connectivity index (χ0v) is 14.4. The highest BCUT2D eigenvalue weighted by atomic mass is 32.2. The van der Waals surface area contributed by atoms with E-state index in [1.807, 2.05) is 25.1 Å².